The first-order chi connectivity index (χ1) is 15.5. The summed E-state index contributed by atoms with van der Waals surface area (Å²) in [6.07, 6.45) is 1.70. The summed E-state index contributed by atoms with van der Waals surface area (Å²) in [7, 11) is 1.50. The molecule has 1 aliphatic heterocycles. The van der Waals surface area contributed by atoms with E-state index in [0.717, 1.165) is 10.2 Å². The average molecular weight is 430 g/mol. The second kappa shape index (κ2) is 7.88. The van der Waals surface area contributed by atoms with Crippen molar-refractivity contribution in [2.24, 2.45) is 7.05 Å². The number of carbonyl (C=O) groups excluding carboxylic acids is 1. The maximum Gasteiger partial charge on any atom is 0.274 e. The predicted molar refractivity (Wildman–Crippen MR) is 117 cm³/mol. The molecule has 1 amide bonds. The van der Waals surface area contributed by atoms with Gasteiger partial charge in [-0.2, -0.15) is 5.10 Å². The molecular weight excluding hydrogens is 411 g/mol. The highest BCUT2D eigenvalue weighted by molar-refractivity contribution is 6.04. The molecular formula is C24H19FN4O3. The smallest absolute Gasteiger partial charge is 0.274 e. The van der Waals surface area contributed by atoms with Gasteiger partial charge in [-0.1, -0.05) is 24.3 Å². The van der Waals surface area contributed by atoms with E-state index in [2.05, 4.69) is 15.4 Å². The second-order valence-corrected chi connectivity index (χ2v) is 7.64. The first-order valence-electron chi connectivity index (χ1n) is 10.2. The maximum atomic E-state index is 14.6. The van der Waals surface area contributed by atoms with E-state index >= 15 is 0 Å². The number of benzene rings is 2. The first-order valence-corrected chi connectivity index (χ1v) is 10.2. The van der Waals surface area contributed by atoms with Gasteiger partial charge >= 0.3 is 0 Å². The number of carbonyl (C=O) groups is 1. The van der Waals surface area contributed by atoms with E-state index in [0.29, 0.717) is 28.5 Å². The van der Waals surface area contributed by atoms with Gasteiger partial charge in [0.25, 0.3) is 11.5 Å². The van der Waals surface area contributed by atoms with Gasteiger partial charge in [-0.05, 0) is 30.3 Å². The Hall–Kier alpha value is -4.07. The number of amides is 1. The van der Waals surface area contributed by atoms with Crippen LogP contribution in [0.1, 0.15) is 16.1 Å². The van der Waals surface area contributed by atoms with Crippen molar-refractivity contribution in [1.29, 1.82) is 0 Å². The zero-order valence-electron chi connectivity index (χ0n) is 17.2. The molecule has 160 valence electrons. The van der Waals surface area contributed by atoms with Gasteiger partial charge in [-0.25, -0.2) is 9.07 Å². The number of nitrogens with zero attached hydrogens (tertiary/aromatic N) is 3. The molecule has 1 aliphatic rings. The van der Waals surface area contributed by atoms with Crippen molar-refractivity contribution < 1.29 is 13.9 Å². The molecule has 4 aromatic rings. The van der Waals surface area contributed by atoms with Gasteiger partial charge in [0.05, 0.1) is 17.6 Å². The summed E-state index contributed by atoms with van der Waals surface area (Å²) in [6.45, 7) is 0.171. The molecule has 0 bridgehead atoms. The molecule has 8 heteroatoms. The Morgan fingerprint density at radius 1 is 1.19 bits per heavy atom. The lowest BCUT2D eigenvalue weighted by Gasteiger charge is -2.13. The van der Waals surface area contributed by atoms with Crippen LogP contribution in [0.15, 0.2) is 65.6 Å². The largest absolute Gasteiger partial charge is 0.485 e. The Morgan fingerprint density at radius 3 is 2.75 bits per heavy atom. The van der Waals surface area contributed by atoms with Crippen LogP contribution in [0, 0.1) is 5.82 Å². The highest BCUT2D eigenvalue weighted by Gasteiger charge is 2.28. The topological polar surface area (TPSA) is 86.1 Å². The quantitative estimate of drug-likeness (QED) is 0.538. The molecule has 0 fully saturated rings. The second-order valence-electron chi connectivity index (χ2n) is 7.64. The zero-order valence-corrected chi connectivity index (χ0v) is 17.2. The fourth-order valence-electron chi connectivity index (χ4n) is 3.94. The number of hydrogen-bond donors (Lipinski definition) is 1. The van der Waals surface area contributed by atoms with Crippen molar-refractivity contribution in [3.8, 4) is 17.0 Å². The SMILES string of the molecule is Cn1nc(C(=O)NC[C@H]2Cc3cc(-c4ccccn4)cc(F)c3O2)c2ccccc2c1=O. The lowest BCUT2D eigenvalue weighted by molar-refractivity contribution is 0.0927. The van der Waals surface area contributed by atoms with Crippen LogP contribution in [0.5, 0.6) is 5.75 Å². The molecule has 0 saturated carbocycles. The third kappa shape index (κ3) is 3.49. The molecule has 0 unspecified atom stereocenters. The number of ether oxygens (including phenoxy) is 1. The summed E-state index contributed by atoms with van der Waals surface area (Å²) in [5.74, 6) is -0.677. The molecule has 5 rings (SSSR count). The van der Waals surface area contributed by atoms with Crippen LogP contribution in [0.25, 0.3) is 22.0 Å². The van der Waals surface area contributed by atoms with Gasteiger partial charge in [0, 0.05) is 36.2 Å². The third-order valence-corrected chi connectivity index (χ3v) is 5.48. The first kappa shape index (κ1) is 19.9. The summed E-state index contributed by atoms with van der Waals surface area (Å²) < 4.78 is 21.6. The minimum absolute atomic E-state index is 0.154. The minimum atomic E-state index is -0.456. The fraction of sp³-hybridized carbons (Fsp3) is 0.167. The van der Waals surface area contributed by atoms with E-state index in [1.165, 1.54) is 13.1 Å². The van der Waals surface area contributed by atoms with Crippen LogP contribution in [0.2, 0.25) is 0 Å². The minimum Gasteiger partial charge on any atom is -0.485 e. The Bertz CT molecular complexity index is 1400. The van der Waals surface area contributed by atoms with Crippen LogP contribution in [0.3, 0.4) is 0 Å². The van der Waals surface area contributed by atoms with Crippen molar-refractivity contribution in [3.63, 3.8) is 0 Å². The lowest BCUT2D eigenvalue weighted by Crippen LogP contribution is -2.36. The van der Waals surface area contributed by atoms with Crippen molar-refractivity contribution in [2.45, 2.75) is 12.5 Å². The molecule has 7 nitrogen and oxygen atoms in total. The van der Waals surface area contributed by atoms with E-state index in [1.807, 2.05) is 18.2 Å². The van der Waals surface area contributed by atoms with Gasteiger partial charge in [0.2, 0.25) is 0 Å². The van der Waals surface area contributed by atoms with Gasteiger partial charge in [0.1, 0.15) is 6.10 Å². The van der Waals surface area contributed by atoms with Crippen molar-refractivity contribution in [1.82, 2.24) is 20.1 Å². The average Bonchev–Trinajstić information content (AvgIpc) is 3.24. The zero-order chi connectivity index (χ0) is 22.2. The highest BCUT2D eigenvalue weighted by atomic mass is 19.1. The molecule has 2 aromatic heterocycles. The monoisotopic (exact) mass is 430 g/mol. The number of nitrogens with one attached hydrogen (secondary N) is 1. The van der Waals surface area contributed by atoms with E-state index in [4.69, 9.17) is 4.74 Å². The van der Waals surface area contributed by atoms with Crippen LogP contribution in [-0.4, -0.2) is 33.3 Å². The summed E-state index contributed by atoms with van der Waals surface area (Å²) in [6, 6.07) is 15.6. The van der Waals surface area contributed by atoms with Gasteiger partial charge < -0.3 is 10.1 Å². The van der Waals surface area contributed by atoms with Crippen LogP contribution >= 0.6 is 0 Å². The summed E-state index contributed by atoms with van der Waals surface area (Å²) in [5.41, 5.74) is 1.97. The Labute approximate surface area is 182 Å². The molecule has 1 N–H and O–H groups in total. The molecule has 32 heavy (non-hydrogen) atoms. The van der Waals surface area contributed by atoms with Crippen LogP contribution in [-0.2, 0) is 13.5 Å². The van der Waals surface area contributed by atoms with Crippen molar-refractivity contribution >= 4 is 16.7 Å². The maximum absolute atomic E-state index is 14.6. The molecule has 1 atom stereocenters. The van der Waals surface area contributed by atoms with Crippen molar-refractivity contribution in [2.75, 3.05) is 6.54 Å². The number of fused-ring (bicyclic) bond motifs is 2. The number of aryl methyl sites for hydroxylation is 1. The van der Waals surface area contributed by atoms with E-state index in [1.54, 1.807) is 36.5 Å². The molecule has 2 aromatic carbocycles. The number of halogens is 1. The Morgan fingerprint density at radius 2 is 1.97 bits per heavy atom. The fourth-order valence-corrected chi connectivity index (χ4v) is 3.94. The Kier molecular flexibility index (Phi) is 4.89. The van der Waals surface area contributed by atoms with Crippen LogP contribution < -0.4 is 15.6 Å². The molecule has 0 saturated heterocycles. The lowest BCUT2D eigenvalue weighted by atomic mass is 10.0. The number of hydrogen-bond acceptors (Lipinski definition) is 5. The standard InChI is InChI=1S/C24H19FN4O3/c1-29-24(31)18-7-3-2-6-17(18)21(28-29)23(30)27-13-16-11-15-10-14(12-19(25)22(15)32-16)20-8-4-5-9-26-20/h2-10,12,16H,11,13H2,1H3,(H,27,30)/t16-/m1/s1. The molecule has 3 heterocycles. The van der Waals surface area contributed by atoms with Crippen LogP contribution in [0.4, 0.5) is 4.39 Å². The van der Waals surface area contributed by atoms with E-state index in [-0.39, 0.29) is 23.5 Å². The Balaban J connectivity index is 1.34. The number of rotatable bonds is 4. The molecule has 0 radical (unpaired) electrons. The predicted octanol–water partition coefficient (Wildman–Crippen LogP) is 2.87. The normalized spacial score (nSPS) is 14.8. The van der Waals surface area contributed by atoms with Gasteiger partial charge in [-0.15, -0.1) is 0 Å². The summed E-state index contributed by atoms with van der Waals surface area (Å²) >= 11 is 0. The third-order valence-electron chi connectivity index (χ3n) is 5.48. The molecule has 0 aliphatic carbocycles. The molecule has 0 spiro atoms. The highest BCUT2D eigenvalue weighted by Crippen LogP contribution is 2.35. The van der Waals surface area contributed by atoms with E-state index in [9.17, 15) is 14.0 Å². The number of aromatic nitrogens is 3. The van der Waals surface area contributed by atoms with E-state index < -0.39 is 17.8 Å². The summed E-state index contributed by atoms with van der Waals surface area (Å²) in [4.78, 5) is 29.4. The van der Waals surface area contributed by atoms with Crippen molar-refractivity contribution in [3.05, 3.63) is 88.2 Å². The summed E-state index contributed by atoms with van der Waals surface area (Å²) in [5, 5.41) is 7.83. The van der Waals surface area contributed by atoms with Gasteiger partial charge in [-0.3, -0.25) is 14.6 Å². The number of pyridine rings is 1. The van der Waals surface area contributed by atoms with Gasteiger partial charge in [0.15, 0.2) is 17.3 Å².